The van der Waals surface area contributed by atoms with Gasteiger partial charge in [0, 0.05) is 30.3 Å². The van der Waals surface area contributed by atoms with Gasteiger partial charge in [-0.05, 0) is 6.92 Å². The number of aromatic nitrogens is 4. The van der Waals surface area contributed by atoms with Crippen LogP contribution in [0.5, 0.6) is 0 Å². The molecule has 0 aliphatic carbocycles. The van der Waals surface area contributed by atoms with Crippen LogP contribution in [0, 0.1) is 0 Å². The Kier molecular flexibility index (Phi) is 3.70. The molecular weight excluding hydrogens is 250 g/mol. The summed E-state index contributed by atoms with van der Waals surface area (Å²) >= 11 is 0. The molecule has 0 atom stereocenters. The average molecular weight is 273 g/mol. The van der Waals surface area contributed by atoms with Crippen molar-refractivity contribution in [1.29, 1.82) is 0 Å². The molecule has 0 aromatic carbocycles. The van der Waals surface area contributed by atoms with Gasteiger partial charge in [-0.3, -0.25) is 4.68 Å². The second kappa shape index (κ2) is 5.15. The molecule has 0 spiro atoms. The van der Waals surface area contributed by atoms with Crippen molar-refractivity contribution in [2.24, 2.45) is 0 Å². The zero-order chi connectivity index (χ0) is 14.9. The molecule has 0 radical (unpaired) electrons. The Morgan fingerprint density at radius 1 is 1.40 bits per heavy atom. The van der Waals surface area contributed by atoms with Crippen LogP contribution in [0.4, 0.5) is 5.82 Å². The first-order valence-corrected chi connectivity index (χ1v) is 6.88. The molecule has 2 aromatic heterocycles. The van der Waals surface area contributed by atoms with E-state index in [4.69, 9.17) is 10.7 Å². The molecule has 0 aliphatic rings. The molecule has 2 N–H and O–H groups in total. The van der Waals surface area contributed by atoms with Crippen molar-refractivity contribution in [3.8, 4) is 11.3 Å². The number of allylic oxidation sites excluding steroid dienone is 1. The highest BCUT2D eigenvalue weighted by Crippen LogP contribution is 2.31. The molecule has 108 valence electrons. The molecule has 0 aliphatic heterocycles. The Labute approximate surface area is 120 Å². The summed E-state index contributed by atoms with van der Waals surface area (Å²) in [5.74, 6) is 1.64. The Hall–Kier alpha value is -2.04. The molecule has 5 heteroatoms. The molecule has 5 nitrogen and oxygen atoms in total. The highest BCUT2D eigenvalue weighted by Gasteiger charge is 2.25. The van der Waals surface area contributed by atoms with Gasteiger partial charge in [-0.1, -0.05) is 26.8 Å². The van der Waals surface area contributed by atoms with Crippen LogP contribution in [0.2, 0.25) is 0 Å². The summed E-state index contributed by atoms with van der Waals surface area (Å²) in [5, 5.41) is 4.29. The fourth-order valence-electron chi connectivity index (χ4n) is 2.22. The van der Waals surface area contributed by atoms with E-state index in [-0.39, 0.29) is 5.41 Å². The molecule has 0 bridgehead atoms. The summed E-state index contributed by atoms with van der Waals surface area (Å²) < 4.78 is 3.89. The van der Waals surface area contributed by atoms with E-state index in [1.54, 1.807) is 0 Å². The van der Waals surface area contributed by atoms with Crippen molar-refractivity contribution in [2.45, 2.75) is 46.2 Å². The van der Waals surface area contributed by atoms with E-state index in [2.05, 4.69) is 39.4 Å². The predicted octanol–water partition coefficient (Wildman–Crippen LogP) is 2.83. The minimum atomic E-state index is -0.0733. The Morgan fingerprint density at radius 2 is 2.10 bits per heavy atom. The fraction of sp³-hybridized carbons (Fsp3) is 0.467. The number of imidazole rings is 1. The Morgan fingerprint density at radius 3 is 2.60 bits per heavy atom. The first-order chi connectivity index (χ1) is 9.38. The lowest BCUT2D eigenvalue weighted by molar-refractivity contribution is 0.515. The molecule has 0 saturated heterocycles. The number of hydrogen-bond donors (Lipinski definition) is 1. The van der Waals surface area contributed by atoms with Crippen LogP contribution in [0.25, 0.3) is 11.3 Å². The van der Waals surface area contributed by atoms with Crippen molar-refractivity contribution in [3.05, 3.63) is 30.9 Å². The summed E-state index contributed by atoms with van der Waals surface area (Å²) in [6.45, 7) is 13.7. The second-order valence-electron chi connectivity index (χ2n) is 5.90. The number of anilines is 1. The van der Waals surface area contributed by atoms with Crippen LogP contribution in [-0.4, -0.2) is 19.3 Å². The molecular formula is C15H23N5. The number of nitrogens with zero attached hydrogens (tertiary/aromatic N) is 4. The lowest BCUT2D eigenvalue weighted by Gasteiger charge is -2.19. The molecule has 2 rings (SSSR count). The van der Waals surface area contributed by atoms with Crippen LogP contribution in [0.3, 0.4) is 0 Å². The quantitative estimate of drug-likeness (QED) is 0.871. The van der Waals surface area contributed by atoms with Gasteiger partial charge >= 0.3 is 0 Å². The molecule has 0 amide bonds. The van der Waals surface area contributed by atoms with Crippen molar-refractivity contribution in [1.82, 2.24) is 19.3 Å². The summed E-state index contributed by atoms with van der Waals surface area (Å²) in [6.07, 6.45) is 5.63. The van der Waals surface area contributed by atoms with Crippen molar-refractivity contribution >= 4 is 5.82 Å². The smallest absolute Gasteiger partial charge is 0.132 e. The number of hydrogen-bond acceptors (Lipinski definition) is 3. The van der Waals surface area contributed by atoms with Gasteiger partial charge in [-0.25, -0.2) is 4.98 Å². The van der Waals surface area contributed by atoms with E-state index in [1.165, 1.54) is 0 Å². The lowest BCUT2D eigenvalue weighted by Crippen LogP contribution is -2.19. The van der Waals surface area contributed by atoms with E-state index < -0.39 is 0 Å². The first kappa shape index (κ1) is 14.4. The van der Waals surface area contributed by atoms with Gasteiger partial charge in [0.15, 0.2) is 0 Å². The number of rotatable bonds is 4. The topological polar surface area (TPSA) is 61.7 Å². The molecule has 0 saturated carbocycles. The molecule has 20 heavy (non-hydrogen) atoms. The Balaban J connectivity index is 2.57. The minimum absolute atomic E-state index is 0.0733. The van der Waals surface area contributed by atoms with Gasteiger partial charge in [0.25, 0.3) is 0 Å². The largest absolute Gasteiger partial charge is 0.383 e. The molecule has 0 fully saturated rings. The first-order valence-electron chi connectivity index (χ1n) is 6.88. The maximum absolute atomic E-state index is 6.29. The molecule has 2 aromatic rings. The third-order valence-electron chi connectivity index (χ3n) is 3.22. The average Bonchev–Trinajstić information content (AvgIpc) is 2.95. The summed E-state index contributed by atoms with van der Waals surface area (Å²) in [7, 11) is 0. The fourth-order valence-corrected chi connectivity index (χ4v) is 2.22. The molecule has 0 unspecified atom stereocenters. The van der Waals surface area contributed by atoms with Gasteiger partial charge in [-0.15, -0.1) is 6.58 Å². The third kappa shape index (κ3) is 2.48. The lowest BCUT2D eigenvalue weighted by atomic mass is 9.95. The number of nitrogens with two attached hydrogens (primary N) is 1. The SMILES string of the molecule is C=CCn1c(C(C)(C)C)nc(-c2cnn(CC)c2)c1N. The van der Waals surface area contributed by atoms with Gasteiger partial charge in [0.05, 0.1) is 6.20 Å². The monoisotopic (exact) mass is 273 g/mol. The van der Waals surface area contributed by atoms with Crippen LogP contribution in [0.1, 0.15) is 33.5 Å². The summed E-state index contributed by atoms with van der Waals surface area (Å²) in [6, 6.07) is 0. The third-order valence-corrected chi connectivity index (χ3v) is 3.22. The predicted molar refractivity (Wildman–Crippen MR) is 82.4 cm³/mol. The van der Waals surface area contributed by atoms with Crippen molar-refractivity contribution < 1.29 is 0 Å². The molecule has 2 heterocycles. The van der Waals surface area contributed by atoms with Crippen molar-refractivity contribution in [3.63, 3.8) is 0 Å². The maximum Gasteiger partial charge on any atom is 0.132 e. The standard InChI is InChI=1S/C15H23N5/c1-6-8-20-13(16)12(18-14(20)15(3,4)5)11-9-17-19(7-2)10-11/h6,9-10H,1,7-8,16H2,2-5H3. The van der Waals surface area contributed by atoms with E-state index in [9.17, 15) is 0 Å². The van der Waals surface area contributed by atoms with E-state index >= 15 is 0 Å². The highest BCUT2D eigenvalue weighted by molar-refractivity contribution is 5.70. The normalized spacial score (nSPS) is 11.8. The zero-order valence-corrected chi connectivity index (χ0v) is 12.7. The van der Waals surface area contributed by atoms with Crippen LogP contribution < -0.4 is 5.73 Å². The van der Waals surface area contributed by atoms with E-state index in [0.29, 0.717) is 12.4 Å². The summed E-state index contributed by atoms with van der Waals surface area (Å²) in [5.41, 5.74) is 7.97. The van der Waals surface area contributed by atoms with E-state index in [0.717, 1.165) is 23.6 Å². The number of nitrogen functional groups attached to an aromatic ring is 1. The van der Waals surface area contributed by atoms with Gasteiger partial charge < -0.3 is 10.3 Å². The van der Waals surface area contributed by atoms with Crippen LogP contribution in [-0.2, 0) is 18.5 Å². The number of aryl methyl sites for hydroxylation is 1. The zero-order valence-electron chi connectivity index (χ0n) is 12.7. The van der Waals surface area contributed by atoms with E-state index in [1.807, 2.05) is 27.7 Å². The Bertz CT molecular complexity index is 613. The highest BCUT2D eigenvalue weighted by atomic mass is 15.3. The van der Waals surface area contributed by atoms with Gasteiger partial charge in [-0.2, -0.15) is 5.10 Å². The van der Waals surface area contributed by atoms with Gasteiger partial charge in [0.2, 0.25) is 0 Å². The summed E-state index contributed by atoms with van der Waals surface area (Å²) in [4.78, 5) is 4.75. The second-order valence-corrected chi connectivity index (χ2v) is 5.90. The van der Waals surface area contributed by atoms with Crippen LogP contribution in [0.15, 0.2) is 25.0 Å². The maximum atomic E-state index is 6.29. The van der Waals surface area contributed by atoms with Gasteiger partial charge in [0.1, 0.15) is 17.3 Å². The van der Waals surface area contributed by atoms with Crippen molar-refractivity contribution in [2.75, 3.05) is 5.73 Å². The minimum Gasteiger partial charge on any atom is -0.383 e. The van der Waals surface area contributed by atoms with Crippen LogP contribution >= 0.6 is 0 Å².